The zero-order chi connectivity index (χ0) is 17.9. The van der Waals surface area contributed by atoms with E-state index in [4.69, 9.17) is 9.15 Å². The molecule has 2 aromatic heterocycles. The summed E-state index contributed by atoms with van der Waals surface area (Å²) in [6, 6.07) is 4.20. The molecule has 0 saturated carbocycles. The standard InChI is InChI=1S/C19H24N2O3S2/c1-13-4-5-17(24-13)19-20-14(11-26-19)9-18(22)21(15-6-8-25-12-15)10-16-3-2-7-23-16/h4-5,11,15-16H,2-3,6-10,12H2,1H3. The van der Waals surface area contributed by atoms with Crippen molar-refractivity contribution >= 4 is 29.0 Å². The zero-order valence-corrected chi connectivity index (χ0v) is 16.6. The van der Waals surface area contributed by atoms with Gasteiger partial charge in [-0.15, -0.1) is 11.3 Å². The monoisotopic (exact) mass is 392 g/mol. The van der Waals surface area contributed by atoms with Crippen LogP contribution in [0.4, 0.5) is 0 Å². The molecule has 0 spiro atoms. The van der Waals surface area contributed by atoms with Gasteiger partial charge in [0, 0.05) is 30.3 Å². The molecule has 5 nitrogen and oxygen atoms in total. The lowest BCUT2D eigenvalue weighted by Crippen LogP contribution is -2.45. The number of ether oxygens (including phenoxy) is 1. The molecule has 140 valence electrons. The summed E-state index contributed by atoms with van der Waals surface area (Å²) in [7, 11) is 0. The first-order valence-electron chi connectivity index (χ1n) is 9.19. The Kier molecular flexibility index (Phi) is 5.66. The van der Waals surface area contributed by atoms with Crippen molar-refractivity contribution < 1.29 is 13.9 Å². The molecule has 2 unspecified atom stereocenters. The van der Waals surface area contributed by atoms with Crippen LogP contribution < -0.4 is 0 Å². The summed E-state index contributed by atoms with van der Waals surface area (Å²) >= 11 is 3.47. The van der Waals surface area contributed by atoms with Gasteiger partial charge in [-0.25, -0.2) is 4.98 Å². The van der Waals surface area contributed by atoms with Crippen LogP contribution in [0.3, 0.4) is 0 Å². The van der Waals surface area contributed by atoms with Crippen LogP contribution in [0.25, 0.3) is 10.8 Å². The van der Waals surface area contributed by atoms with E-state index in [1.807, 2.05) is 36.2 Å². The first kappa shape index (κ1) is 18.1. The number of carbonyl (C=O) groups excluding carboxylic acids is 1. The Balaban J connectivity index is 1.44. The van der Waals surface area contributed by atoms with Gasteiger partial charge in [-0.1, -0.05) is 0 Å². The molecule has 2 fully saturated rings. The molecule has 2 aliphatic heterocycles. The van der Waals surface area contributed by atoms with Crippen molar-refractivity contribution in [3.05, 3.63) is 29.0 Å². The van der Waals surface area contributed by atoms with Gasteiger partial charge in [-0.05, 0) is 44.1 Å². The first-order chi connectivity index (χ1) is 12.7. The summed E-state index contributed by atoms with van der Waals surface area (Å²) in [5, 5.41) is 2.81. The van der Waals surface area contributed by atoms with E-state index >= 15 is 0 Å². The third-order valence-corrected chi connectivity index (χ3v) is 6.98. The number of aryl methyl sites for hydroxylation is 1. The quantitative estimate of drug-likeness (QED) is 0.749. The van der Waals surface area contributed by atoms with Crippen LogP contribution in [0.2, 0.25) is 0 Å². The zero-order valence-electron chi connectivity index (χ0n) is 15.0. The Labute approximate surface area is 162 Å². The second kappa shape index (κ2) is 8.15. The highest BCUT2D eigenvalue weighted by molar-refractivity contribution is 7.99. The SMILES string of the molecule is Cc1ccc(-c2nc(CC(=O)N(CC3CCCO3)C3CCSC3)cs2)o1. The molecule has 7 heteroatoms. The van der Waals surface area contributed by atoms with Crippen LogP contribution in [0.15, 0.2) is 21.9 Å². The second-order valence-electron chi connectivity index (χ2n) is 6.93. The fourth-order valence-electron chi connectivity index (χ4n) is 3.54. The lowest BCUT2D eigenvalue weighted by atomic mass is 10.1. The minimum absolute atomic E-state index is 0.167. The van der Waals surface area contributed by atoms with Gasteiger partial charge in [0.1, 0.15) is 5.76 Å². The average Bonchev–Trinajstić information content (AvgIpc) is 3.40. The molecule has 2 aliphatic rings. The maximum atomic E-state index is 13.0. The molecule has 0 bridgehead atoms. The Morgan fingerprint density at radius 2 is 2.31 bits per heavy atom. The minimum atomic E-state index is 0.167. The lowest BCUT2D eigenvalue weighted by molar-refractivity contribution is -0.134. The third-order valence-electron chi connectivity index (χ3n) is 4.93. The molecular formula is C19H24N2O3S2. The van der Waals surface area contributed by atoms with Crippen LogP contribution in [0.5, 0.6) is 0 Å². The molecular weight excluding hydrogens is 368 g/mol. The summed E-state index contributed by atoms with van der Waals surface area (Å²) in [4.78, 5) is 19.7. The number of aromatic nitrogens is 1. The van der Waals surface area contributed by atoms with Gasteiger partial charge in [-0.3, -0.25) is 4.79 Å². The van der Waals surface area contributed by atoms with Crippen molar-refractivity contribution in [1.29, 1.82) is 0 Å². The first-order valence-corrected chi connectivity index (χ1v) is 11.2. The molecule has 4 heterocycles. The summed E-state index contributed by atoms with van der Waals surface area (Å²) in [5.41, 5.74) is 0.826. The van der Waals surface area contributed by atoms with E-state index in [0.717, 1.165) is 66.1 Å². The van der Waals surface area contributed by atoms with Crippen molar-refractivity contribution in [1.82, 2.24) is 9.88 Å². The van der Waals surface area contributed by atoms with E-state index in [1.165, 1.54) is 11.3 Å². The van der Waals surface area contributed by atoms with Crippen molar-refractivity contribution in [3.63, 3.8) is 0 Å². The Morgan fingerprint density at radius 3 is 3.00 bits per heavy atom. The van der Waals surface area contributed by atoms with Gasteiger partial charge in [0.2, 0.25) is 5.91 Å². The van der Waals surface area contributed by atoms with Crippen LogP contribution in [-0.4, -0.2) is 52.6 Å². The fourth-order valence-corrected chi connectivity index (χ4v) is 5.54. The van der Waals surface area contributed by atoms with Crippen molar-refractivity contribution in [3.8, 4) is 10.8 Å². The number of amides is 1. The highest BCUT2D eigenvalue weighted by atomic mass is 32.2. The third kappa shape index (κ3) is 4.15. The predicted molar refractivity (Wildman–Crippen MR) is 105 cm³/mol. The Bertz CT molecular complexity index is 746. The topological polar surface area (TPSA) is 55.6 Å². The molecule has 0 aromatic carbocycles. The van der Waals surface area contributed by atoms with E-state index < -0.39 is 0 Å². The maximum absolute atomic E-state index is 13.0. The van der Waals surface area contributed by atoms with Crippen molar-refractivity contribution in [2.75, 3.05) is 24.7 Å². The number of thiazole rings is 1. The Hall–Kier alpha value is -1.31. The highest BCUT2D eigenvalue weighted by Crippen LogP contribution is 2.28. The van der Waals surface area contributed by atoms with Gasteiger partial charge >= 0.3 is 0 Å². The molecule has 0 N–H and O–H groups in total. The predicted octanol–water partition coefficient (Wildman–Crippen LogP) is 3.77. The number of rotatable bonds is 6. The van der Waals surface area contributed by atoms with Gasteiger partial charge in [0.15, 0.2) is 10.8 Å². The molecule has 0 radical (unpaired) electrons. The van der Waals surface area contributed by atoms with E-state index in [1.54, 1.807) is 0 Å². The number of nitrogens with zero attached hydrogens (tertiary/aromatic N) is 2. The molecule has 0 aliphatic carbocycles. The second-order valence-corrected chi connectivity index (χ2v) is 8.94. The molecule has 2 saturated heterocycles. The average molecular weight is 393 g/mol. The maximum Gasteiger partial charge on any atom is 0.228 e. The molecule has 26 heavy (non-hydrogen) atoms. The van der Waals surface area contributed by atoms with E-state index in [9.17, 15) is 4.79 Å². The highest BCUT2D eigenvalue weighted by Gasteiger charge is 2.30. The van der Waals surface area contributed by atoms with Gasteiger partial charge in [-0.2, -0.15) is 11.8 Å². The van der Waals surface area contributed by atoms with Gasteiger partial charge in [0.25, 0.3) is 0 Å². The minimum Gasteiger partial charge on any atom is -0.459 e. The number of hydrogen-bond acceptors (Lipinski definition) is 6. The number of furan rings is 1. The molecule has 4 rings (SSSR count). The fraction of sp³-hybridized carbons (Fsp3) is 0.579. The number of thioether (sulfide) groups is 1. The summed E-state index contributed by atoms with van der Waals surface area (Å²) in [6.07, 6.45) is 3.79. The van der Waals surface area contributed by atoms with E-state index in [2.05, 4.69) is 9.88 Å². The van der Waals surface area contributed by atoms with Crippen LogP contribution in [0, 0.1) is 6.92 Å². The van der Waals surface area contributed by atoms with Gasteiger partial charge in [0.05, 0.1) is 18.2 Å². The largest absolute Gasteiger partial charge is 0.459 e. The van der Waals surface area contributed by atoms with Crippen LogP contribution in [0.1, 0.15) is 30.7 Å². The summed E-state index contributed by atoms with van der Waals surface area (Å²) < 4.78 is 11.4. The molecule has 2 atom stereocenters. The number of carbonyl (C=O) groups is 1. The van der Waals surface area contributed by atoms with E-state index in [-0.39, 0.29) is 12.0 Å². The van der Waals surface area contributed by atoms with E-state index in [0.29, 0.717) is 12.5 Å². The molecule has 2 aromatic rings. The molecule has 1 amide bonds. The van der Waals surface area contributed by atoms with Crippen molar-refractivity contribution in [2.45, 2.75) is 44.8 Å². The number of hydrogen-bond donors (Lipinski definition) is 0. The van der Waals surface area contributed by atoms with Crippen LogP contribution in [-0.2, 0) is 16.0 Å². The van der Waals surface area contributed by atoms with Crippen molar-refractivity contribution in [2.24, 2.45) is 0 Å². The summed E-state index contributed by atoms with van der Waals surface area (Å²) in [5.74, 6) is 3.98. The van der Waals surface area contributed by atoms with Crippen LogP contribution >= 0.6 is 23.1 Å². The normalized spacial score (nSPS) is 22.8. The van der Waals surface area contributed by atoms with Gasteiger partial charge < -0.3 is 14.1 Å². The summed E-state index contributed by atoms with van der Waals surface area (Å²) in [6.45, 7) is 3.46. The Morgan fingerprint density at radius 1 is 1.38 bits per heavy atom. The smallest absolute Gasteiger partial charge is 0.228 e. The lowest BCUT2D eigenvalue weighted by Gasteiger charge is -2.30.